The van der Waals surface area contributed by atoms with Crippen molar-refractivity contribution in [1.82, 2.24) is 0 Å². The molecule has 0 spiro atoms. The smallest absolute Gasteiger partial charge is 0.265 e. The predicted octanol–water partition coefficient (Wildman–Crippen LogP) is 4.28. The van der Waals surface area contributed by atoms with Crippen LogP contribution in [-0.2, 0) is 6.42 Å². The minimum Gasteiger partial charge on any atom is -0.493 e. The molecule has 1 N–H and O–H groups in total. The summed E-state index contributed by atoms with van der Waals surface area (Å²) < 4.78 is 10.8. The zero-order valence-corrected chi connectivity index (χ0v) is 14.2. The van der Waals surface area contributed by atoms with Crippen LogP contribution in [0.25, 0.3) is 0 Å². The maximum Gasteiger partial charge on any atom is 0.265 e. The standard InChI is InChI=1S/C17H21NO3S/c1-5-12-9-16(22-11(12)3)17(19)18-13-7-8-14(21-6-2)15(10-13)20-4/h7-10H,5-6H2,1-4H3,(H,18,19). The minimum atomic E-state index is -0.0981. The van der Waals surface area contributed by atoms with Crippen molar-refractivity contribution >= 4 is 22.9 Å². The summed E-state index contributed by atoms with van der Waals surface area (Å²) in [4.78, 5) is 14.2. The van der Waals surface area contributed by atoms with Gasteiger partial charge < -0.3 is 14.8 Å². The number of ether oxygens (including phenoxy) is 2. The number of nitrogens with one attached hydrogen (secondary N) is 1. The van der Waals surface area contributed by atoms with Crippen molar-refractivity contribution < 1.29 is 14.3 Å². The van der Waals surface area contributed by atoms with Gasteiger partial charge in [0.2, 0.25) is 0 Å². The number of anilines is 1. The third kappa shape index (κ3) is 3.60. The largest absolute Gasteiger partial charge is 0.493 e. The lowest BCUT2D eigenvalue weighted by atomic mass is 10.2. The molecule has 0 aliphatic carbocycles. The maximum absolute atomic E-state index is 12.3. The van der Waals surface area contributed by atoms with E-state index in [1.165, 1.54) is 21.8 Å². The van der Waals surface area contributed by atoms with Crippen LogP contribution in [0.5, 0.6) is 11.5 Å². The lowest BCUT2D eigenvalue weighted by Gasteiger charge is -2.11. The monoisotopic (exact) mass is 319 g/mol. The summed E-state index contributed by atoms with van der Waals surface area (Å²) in [6.07, 6.45) is 0.937. The van der Waals surface area contributed by atoms with Crippen LogP contribution in [0.4, 0.5) is 5.69 Å². The van der Waals surface area contributed by atoms with Gasteiger partial charge in [-0.15, -0.1) is 11.3 Å². The van der Waals surface area contributed by atoms with Crippen molar-refractivity contribution in [3.8, 4) is 11.5 Å². The number of hydrogen-bond donors (Lipinski definition) is 1. The molecule has 5 heteroatoms. The van der Waals surface area contributed by atoms with Crippen LogP contribution in [0.3, 0.4) is 0 Å². The fraction of sp³-hybridized carbons (Fsp3) is 0.353. The van der Waals surface area contributed by atoms with Crippen LogP contribution in [0, 0.1) is 6.92 Å². The Kier molecular flexibility index (Phi) is 5.44. The van der Waals surface area contributed by atoms with Crippen molar-refractivity contribution in [1.29, 1.82) is 0 Å². The van der Waals surface area contributed by atoms with E-state index < -0.39 is 0 Å². The number of thiophene rings is 1. The molecule has 4 nitrogen and oxygen atoms in total. The fourth-order valence-corrected chi connectivity index (χ4v) is 3.20. The van der Waals surface area contributed by atoms with E-state index >= 15 is 0 Å². The van der Waals surface area contributed by atoms with Crippen LogP contribution in [0.1, 0.15) is 34.0 Å². The van der Waals surface area contributed by atoms with Crippen LogP contribution in [0.2, 0.25) is 0 Å². The van der Waals surface area contributed by atoms with Crippen molar-refractivity contribution in [2.45, 2.75) is 27.2 Å². The zero-order valence-electron chi connectivity index (χ0n) is 13.4. The van der Waals surface area contributed by atoms with Gasteiger partial charge in [-0.3, -0.25) is 4.79 Å². The Labute approximate surface area is 135 Å². The molecule has 0 aliphatic heterocycles. The van der Waals surface area contributed by atoms with Gasteiger partial charge in [0.25, 0.3) is 5.91 Å². The van der Waals surface area contributed by atoms with E-state index in [0.29, 0.717) is 23.8 Å². The zero-order chi connectivity index (χ0) is 16.1. The second kappa shape index (κ2) is 7.31. The first-order valence-electron chi connectivity index (χ1n) is 7.30. The van der Waals surface area contributed by atoms with Gasteiger partial charge in [-0.05, 0) is 44.0 Å². The number of hydrogen-bond acceptors (Lipinski definition) is 4. The average Bonchev–Trinajstić information content (AvgIpc) is 2.90. The van der Waals surface area contributed by atoms with Crippen LogP contribution in [0.15, 0.2) is 24.3 Å². The number of benzene rings is 1. The second-order valence-electron chi connectivity index (χ2n) is 4.80. The highest BCUT2D eigenvalue weighted by molar-refractivity contribution is 7.14. The molecular formula is C17H21NO3S. The second-order valence-corrected chi connectivity index (χ2v) is 6.05. The van der Waals surface area contributed by atoms with Gasteiger partial charge in [0.15, 0.2) is 11.5 Å². The molecule has 0 saturated carbocycles. The van der Waals surface area contributed by atoms with E-state index in [4.69, 9.17) is 9.47 Å². The maximum atomic E-state index is 12.3. The number of aryl methyl sites for hydroxylation is 2. The highest BCUT2D eigenvalue weighted by Gasteiger charge is 2.13. The molecule has 0 atom stereocenters. The molecule has 0 fully saturated rings. The SMILES string of the molecule is CCOc1ccc(NC(=O)c2cc(CC)c(C)s2)cc1OC. The van der Waals surface area contributed by atoms with E-state index in [2.05, 4.69) is 12.2 Å². The Balaban J connectivity index is 2.17. The Hall–Kier alpha value is -2.01. The molecule has 22 heavy (non-hydrogen) atoms. The van der Waals surface area contributed by atoms with Gasteiger partial charge in [0, 0.05) is 16.6 Å². The van der Waals surface area contributed by atoms with Crippen molar-refractivity contribution in [3.05, 3.63) is 39.6 Å². The molecule has 1 amide bonds. The van der Waals surface area contributed by atoms with Crippen LogP contribution in [-0.4, -0.2) is 19.6 Å². The lowest BCUT2D eigenvalue weighted by Crippen LogP contribution is -2.10. The van der Waals surface area contributed by atoms with E-state index in [-0.39, 0.29) is 5.91 Å². The van der Waals surface area contributed by atoms with Crippen molar-refractivity contribution in [3.63, 3.8) is 0 Å². The number of methoxy groups -OCH3 is 1. The Morgan fingerprint density at radius 1 is 1.23 bits per heavy atom. The Bertz CT molecular complexity index is 664. The normalized spacial score (nSPS) is 10.4. The molecule has 1 heterocycles. The number of rotatable bonds is 6. The van der Waals surface area contributed by atoms with Gasteiger partial charge in [-0.2, -0.15) is 0 Å². The van der Waals surface area contributed by atoms with Gasteiger partial charge >= 0.3 is 0 Å². The molecule has 118 valence electrons. The highest BCUT2D eigenvalue weighted by Crippen LogP contribution is 2.31. The predicted molar refractivity (Wildman–Crippen MR) is 90.6 cm³/mol. The number of amides is 1. The van der Waals surface area contributed by atoms with E-state index in [1.807, 2.05) is 26.0 Å². The average molecular weight is 319 g/mol. The highest BCUT2D eigenvalue weighted by atomic mass is 32.1. The van der Waals surface area contributed by atoms with Crippen molar-refractivity contribution in [2.75, 3.05) is 19.0 Å². The molecule has 0 radical (unpaired) electrons. The van der Waals surface area contributed by atoms with Gasteiger partial charge in [-0.25, -0.2) is 0 Å². The summed E-state index contributed by atoms with van der Waals surface area (Å²) in [7, 11) is 1.58. The first-order chi connectivity index (χ1) is 10.6. The van der Waals surface area contributed by atoms with Crippen molar-refractivity contribution in [2.24, 2.45) is 0 Å². The summed E-state index contributed by atoms with van der Waals surface area (Å²) >= 11 is 1.52. The summed E-state index contributed by atoms with van der Waals surface area (Å²) in [5.41, 5.74) is 1.91. The fourth-order valence-electron chi connectivity index (χ4n) is 2.20. The molecule has 0 aliphatic rings. The van der Waals surface area contributed by atoms with Crippen LogP contribution < -0.4 is 14.8 Å². The quantitative estimate of drug-likeness (QED) is 0.864. The van der Waals surface area contributed by atoms with E-state index in [0.717, 1.165) is 11.3 Å². The molecule has 0 unspecified atom stereocenters. The molecule has 2 rings (SSSR count). The van der Waals surface area contributed by atoms with Gasteiger partial charge in [0.05, 0.1) is 18.6 Å². The van der Waals surface area contributed by atoms with E-state index in [1.54, 1.807) is 19.2 Å². The minimum absolute atomic E-state index is 0.0981. The van der Waals surface area contributed by atoms with Gasteiger partial charge in [-0.1, -0.05) is 6.92 Å². The molecule has 1 aromatic carbocycles. The third-order valence-corrected chi connectivity index (χ3v) is 4.44. The molecule has 1 aromatic heterocycles. The first kappa shape index (κ1) is 16.4. The third-order valence-electron chi connectivity index (χ3n) is 3.35. The number of carbonyl (C=O) groups excluding carboxylic acids is 1. The van der Waals surface area contributed by atoms with Crippen LogP contribution >= 0.6 is 11.3 Å². The van der Waals surface area contributed by atoms with Gasteiger partial charge in [0.1, 0.15) is 0 Å². The Morgan fingerprint density at radius 3 is 2.59 bits per heavy atom. The summed E-state index contributed by atoms with van der Waals surface area (Å²) in [6, 6.07) is 7.34. The summed E-state index contributed by atoms with van der Waals surface area (Å²) in [5, 5.41) is 2.90. The van der Waals surface area contributed by atoms with E-state index in [9.17, 15) is 4.79 Å². The lowest BCUT2D eigenvalue weighted by molar-refractivity contribution is 0.103. The molecule has 0 bridgehead atoms. The summed E-state index contributed by atoms with van der Waals surface area (Å²) in [6.45, 7) is 6.62. The molecular weight excluding hydrogens is 298 g/mol. The first-order valence-corrected chi connectivity index (χ1v) is 8.12. The Morgan fingerprint density at radius 2 is 2.00 bits per heavy atom. The molecule has 2 aromatic rings. The number of carbonyl (C=O) groups is 1. The topological polar surface area (TPSA) is 47.6 Å². The summed E-state index contributed by atoms with van der Waals surface area (Å²) in [5.74, 6) is 1.18. The molecule has 0 saturated heterocycles.